The van der Waals surface area contributed by atoms with E-state index in [0.717, 1.165) is 18.6 Å². The van der Waals surface area contributed by atoms with Crippen molar-refractivity contribution in [3.63, 3.8) is 0 Å². The van der Waals surface area contributed by atoms with Gasteiger partial charge in [0.15, 0.2) is 0 Å². The van der Waals surface area contributed by atoms with Crippen LogP contribution in [0, 0.1) is 0 Å². The summed E-state index contributed by atoms with van der Waals surface area (Å²) >= 11 is 0. The zero-order valence-electron chi connectivity index (χ0n) is 8.63. The Morgan fingerprint density at radius 2 is 2.33 bits per heavy atom. The average molecular weight is 208 g/mol. The molecule has 2 atom stereocenters. The molecule has 0 aliphatic carbocycles. The Morgan fingerprint density at radius 1 is 1.47 bits per heavy atom. The van der Waals surface area contributed by atoms with Gasteiger partial charge in [-0.2, -0.15) is 0 Å². The summed E-state index contributed by atoms with van der Waals surface area (Å²) in [6.07, 6.45) is 5.89. The Bertz CT molecular complexity index is 292. The molecule has 0 spiro atoms. The molecule has 2 heterocycles. The molecule has 2 N–H and O–H groups in total. The predicted octanol–water partition coefficient (Wildman–Crippen LogP) is 0.967. The van der Waals surface area contributed by atoms with Gasteiger partial charge in [-0.3, -0.25) is 4.98 Å². The third-order valence-corrected chi connectivity index (χ3v) is 2.53. The SMILES string of the molecule is NCC1CCC(COc2cccnc2)O1. The number of pyridine rings is 1. The van der Waals surface area contributed by atoms with Gasteiger partial charge >= 0.3 is 0 Å². The topological polar surface area (TPSA) is 57.4 Å². The Kier molecular flexibility index (Phi) is 3.53. The molecule has 0 aromatic carbocycles. The van der Waals surface area contributed by atoms with Crippen LogP contribution in [0.25, 0.3) is 0 Å². The van der Waals surface area contributed by atoms with E-state index in [-0.39, 0.29) is 12.2 Å². The molecule has 0 amide bonds. The molecular formula is C11H16N2O2. The number of hydrogen-bond donors (Lipinski definition) is 1. The highest BCUT2D eigenvalue weighted by Crippen LogP contribution is 2.19. The number of nitrogens with two attached hydrogens (primary N) is 1. The van der Waals surface area contributed by atoms with E-state index in [1.807, 2.05) is 12.1 Å². The van der Waals surface area contributed by atoms with E-state index in [9.17, 15) is 0 Å². The van der Waals surface area contributed by atoms with E-state index in [4.69, 9.17) is 15.2 Å². The van der Waals surface area contributed by atoms with Gasteiger partial charge in [0.2, 0.25) is 0 Å². The van der Waals surface area contributed by atoms with Crippen LogP contribution in [0.3, 0.4) is 0 Å². The first kappa shape index (κ1) is 10.4. The van der Waals surface area contributed by atoms with E-state index in [0.29, 0.717) is 13.2 Å². The van der Waals surface area contributed by atoms with Crippen LogP contribution in [0.15, 0.2) is 24.5 Å². The van der Waals surface area contributed by atoms with Crippen LogP contribution in [0.4, 0.5) is 0 Å². The van der Waals surface area contributed by atoms with E-state index < -0.39 is 0 Å². The smallest absolute Gasteiger partial charge is 0.137 e. The second kappa shape index (κ2) is 5.09. The van der Waals surface area contributed by atoms with Crippen LogP contribution in [0.5, 0.6) is 5.75 Å². The standard InChI is InChI=1S/C11H16N2O2/c12-6-9-3-4-11(15-9)8-14-10-2-1-5-13-7-10/h1-2,5,7,9,11H,3-4,6,8,12H2. The minimum atomic E-state index is 0.179. The summed E-state index contributed by atoms with van der Waals surface area (Å²) in [6, 6.07) is 3.75. The van der Waals surface area contributed by atoms with Crippen molar-refractivity contribution in [2.24, 2.45) is 5.73 Å². The highest BCUT2D eigenvalue weighted by atomic mass is 16.5. The van der Waals surface area contributed by atoms with Crippen LogP contribution >= 0.6 is 0 Å². The molecule has 1 aromatic rings. The maximum Gasteiger partial charge on any atom is 0.137 e. The Morgan fingerprint density at radius 3 is 3.00 bits per heavy atom. The van der Waals surface area contributed by atoms with Gasteiger partial charge < -0.3 is 15.2 Å². The van der Waals surface area contributed by atoms with Crippen molar-refractivity contribution < 1.29 is 9.47 Å². The predicted molar refractivity (Wildman–Crippen MR) is 56.7 cm³/mol. The van der Waals surface area contributed by atoms with Crippen molar-refractivity contribution >= 4 is 0 Å². The van der Waals surface area contributed by atoms with Crippen molar-refractivity contribution in [2.45, 2.75) is 25.0 Å². The Hall–Kier alpha value is -1.13. The Labute approximate surface area is 89.4 Å². The summed E-state index contributed by atoms with van der Waals surface area (Å²) in [5, 5.41) is 0. The minimum absolute atomic E-state index is 0.179. The maximum absolute atomic E-state index is 5.66. The summed E-state index contributed by atoms with van der Waals surface area (Å²) in [5.41, 5.74) is 5.53. The van der Waals surface area contributed by atoms with Crippen LogP contribution in [0.1, 0.15) is 12.8 Å². The number of rotatable bonds is 4. The van der Waals surface area contributed by atoms with Crippen molar-refractivity contribution in [1.29, 1.82) is 0 Å². The molecule has 1 aliphatic heterocycles. The molecule has 0 radical (unpaired) electrons. The minimum Gasteiger partial charge on any atom is -0.489 e. The molecule has 2 rings (SSSR count). The van der Waals surface area contributed by atoms with Crippen LogP contribution in [-0.4, -0.2) is 30.3 Å². The van der Waals surface area contributed by atoms with Crippen molar-refractivity contribution in [3.05, 3.63) is 24.5 Å². The van der Waals surface area contributed by atoms with E-state index in [2.05, 4.69) is 4.98 Å². The Balaban J connectivity index is 1.75. The van der Waals surface area contributed by atoms with E-state index in [1.54, 1.807) is 12.4 Å². The zero-order valence-corrected chi connectivity index (χ0v) is 8.63. The summed E-state index contributed by atoms with van der Waals surface area (Å²) in [7, 11) is 0. The van der Waals surface area contributed by atoms with Crippen molar-refractivity contribution in [1.82, 2.24) is 4.98 Å². The fourth-order valence-electron chi connectivity index (χ4n) is 1.70. The molecule has 1 saturated heterocycles. The molecule has 15 heavy (non-hydrogen) atoms. The first-order valence-corrected chi connectivity index (χ1v) is 5.27. The van der Waals surface area contributed by atoms with Crippen molar-refractivity contribution in [3.8, 4) is 5.75 Å². The van der Waals surface area contributed by atoms with Crippen LogP contribution < -0.4 is 10.5 Å². The fourth-order valence-corrected chi connectivity index (χ4v) is 1.70. The van der Waals surface area contributed by atoms with Crippen LogP contribution in [0.2, 0.25) is 0 Å². The largest absolute Gasteiger partial charge is 0.489 e. The fraction of sp³-hybridized carbons (Fsp3) is 0.545. The van der Waals surface area contributed by atoms with Gasteiger partial charge in [-0.15, -0.1) is 0 Å². The first-order valence-electron chi connectivity index (χ1n) is 5.27. The van der Waals surface area contributed by atoms with Gasteiger partial charge in [0.05, 0.1) is 18.4 Å². The lowest BCUT2D eigenvalue weighted by Gasteiger charge is -2.13. The van der Waals surface area contributed by atoms with E-state index in [1.165, 1.54) is 0 Å². The second-order valence-electron chi connectivity index (χ2n) is 3.69. The molecule has 1 fully saturated rings. The molecule has 82 valence electrons. The molecule has 0 saturated carbocycles. The number of hydrogen-bond acceptors (Lipinski definition) is 4. The van der Waals surface area contributed by atoms with Crippen molar-refractivity contribution in [2.75, 3.05) is 13.2 Å². The lowest BCUT2D eigenvalue weighted by molar-refractivity contribution is 0.0221. The third-order valence-electron chi connectivity index (χ3n) is 2.53. The third kappa shape index (κ3) is 2.91. The maximum atomic E-state index is 5.66. The van der Waals surface area contributed by atoms with E-state index >= 15 is 0 Å². The first-order chi connectivity index (χ1) is 7.38. The molecular weight excluding hydrogens is 192 g/mol. The number of aromatic nitrogens is 1. The number of nitrogens with zero attached hydrogens (tertiary/aromatic N) is 1. The molecule has 4 nitrogen and oxygen atoms in total. The summed E-state index contributed by atoms with van der Waals surface area (Å²) in [5.74, 6) is 0.789. The quantitative estimate of drug-likeness (QED) is 0.801. The molecule has 4 heteroatoms. The van der Waals surface area contributed by atoms with Gasteiger partial charge in [0.25, 0.3) is 0 Å². The van der Waals surface area contributed by atoms with Gasteiger partial charge in [-0.05, 0) is 25.0 Å². The normalized spacial score (nSPS) is 25.4. The van der Waals surface area contributed by atoms with Gasteiger partial charge in [0.1, 0.15) is 12.4 Å². The second-order valence-corrected chi connectivity index (χ2v) is 3.69. The average Bonchev–Trinajstić information content (AvgIpc) is 2.76. The monoisotopic (exact) mass is 208 g/mol. The summed E-state index contributed by atoms with van der Waals surface area (Å²) in [6.45, 7) is 1.19. The summed E-state index contributed by atoms with van der Waals surface area (Å²) < 4.78 is 11.2. The van der Waals surface area contributed by atoms with Gasteiger partial charge in [-0.1, -0.05) is 0 Å². The number of ether oxygens (including phenoxy) is 2. The lowest BCUT2D eigenvalue weighted by atomic mass is 10.2. The highest BCUT2D eigenvalue weighted by molar-refractivity contribution is 5.15. The molecule has 0 bridgehead atoms. The molecule has 1 aromatic heterocycles. The van der Waals surface area contributed by atoms with Gasteiger partial charge in [0, 0.05) is 12.7 Å². The van der Waals surface area contributed by atoms with Crippen LogP contribution in [-0.2, 0) is 4.74 Å². The lowest BCUT2D eigenvalue weighted by Crippen LogP contribution is -2.23. The molecule has 1 aliphatic rings. The zero-order chi connectivity index (χ0) is 10.5. The van der Waals surface area contributed by atoms with Gasteiger partial charge in [-0.25, -0.2) is 0 Å². The highest BCUT2D eigenvalue weighted by Gasteiger charge is 2.24. The molecule has 2 unspecified atom stereocenters. The summed E-state index contributed by atoms with van der Waals surface area (Å²) in [4.78, 5) is 3.98.